The molecule has 0 aromatic heterocycles. The number of rotatable bonds is 65. The van der Waals surface area contributed by atoms with Crippen LogP contribution < -0.4 is 42.4 Å². The molecule has 0 bridgehead atoms. The van der Waals surface area contributed by atoms with Crippen LogP contribution in [-0.2, 0) is 75.2 Å². The van der Waals surface area contributed by atoms with Crippen molar-refractivity contribution in [3.8, 4) is 0 Å². The first kappa shape index (κ1) is 97.5. The summed E-state index contributed by atoms with van der Waals surface area (Å²) in [6.45, 7) is 11.2. The zero-order valence-corrected chi connectivity index (χ0v) is 63.7. The first-order valence-corrected chi connectivity index (χ1v) is 43.1. The zero-order chi connectivity index (χ0) is 73.6. The minimum Gasteiger partial charge on any atom is -0.481 e. The molecule has 31 heteroatoms. The summed E-state index contributed by atoms with van der Waals surface area (Å²) < 4.78 is 53.2. The maximum atomic E-state index is 12.0. The predicted molar refractivity (Wildman–Crippen MR) is 393 cm³/mol. The minimum absolute atomic E-state index is 0.0127. The topological polar surface area (TPSA) is 394 Å². The van der Waals surface area contributed by atoms with Crippen LogP contribution in [0.15, 0.2) is 0 Å². The van der Waals surface area contributed by atoms with Gasteiger partial charge in [0.15, 0.2) is 17.7 Å². The van der Waals surface area contributed by atoms with Crippen LogP contribution in [0.5, 0.6) is 0 Å². The van der Waals surface area contributed by atoms with Gasteiger partial charge in [-0.15, -0.1) is 0 Å². The summed E-state index contributed by atoms with van der Waals surface area (Å²) in [5, 5.41) is 40.8. The van der Waals surface area contributed by atoms with Gasteiger partial charge in [0.1, 0.15) is 0 Å². The van der Waals surface area contributed by atoms with Gasteiger partial charge >= 0.3 is 25.0 Å². The molecule has 10 N–H and O–H groups in total. The lowest BCUT2D eigenvalue weighted by molar-refractivity contribution is -0.144. The van der Waals surface area contributed by atoms with Crippen molar-refractivity contribution in [3.05, 3.63) is 0 Å². The van der Waals surface area contributed by atoms with Gasteiger partial charge in [-0.1, -0.05) is 64.2 Å². The lowest BCUT2D eigenvalue weighted by atomic mass is 9.89. The molecule has 7 amide bonds. The molecule has 0 radical (unpaired) electrons. The van der Waals surface area contributed by atoms with Crippen molar-refractivity contribution in [2.24, 2.45) is 0 Å². The number of carboxylic acid groups (broad SMARTS) is 1. The molecular weight excluding hydrogens is 1340 g/mol. The van der Waals surface area contributed by atoms with Gasteiger partial charge in [-0.3, -0.25) is 47.9 Å². The van der Waals surface area contributed by atoms with E-state index in [9.17, 15) is 64.8 Å². The number of hydrogen-bond donors (Lipinski definition) is 10. The summed E-state index contributed by atoms with van der Waals surface area (Å²) in [6.07, 6.45) is 31.7. The van der Waals surface area contributed by atoms with Gasteiger partial charge in [0.05, 0.1) is 13.2 Å². The van der Waals surface area contributed by atoms with Crippen LogP contribution in [0.2, 0.25) is 6.82 Å². The van der Waals surface area contributed by atoms with Crippen LogP contribution in [-0.4, -0.2) is 183 Å². The molecule has 0 spiro atoms. The third kappa shape index (κ3) is 85.5. The Morgan fingerprint density at radius 3 is 0.724 bits per heavy atom. The van der Waals surface area contributed by atoms with Crippen molar-refractivity contribution in [1.29, 1.82) is 0 Å². The molecule has 0 atom stereocenters. The highest BCUT2D eigenvalue weighted by atomic mass is 33.1. The van der Waals surface area contributed by atoms with E-state index in [1.54, 1.807) is 20.7 Å². The van der Waals surface area contributed by atoms with Crippen LogP contribution in [0.3, 0.4) is 0 Å². The highest BCUT2D eigenvalue weighted by molar-refractivity contribution is 8.72. The summed E-state index contributed by atoms with van der Waals surface area (Å²) >= 11 is 0. The lowest BCUT2D eigenvalue weighted by Crippen LogP contribution is -2.31. The number of carbonyl (C=O) groups excluding carboxylic acids is 9. The van der Waals surface area contributed by atoms with Crippen molar-refractivity contribution in [1.82, 2.24) is 42.4 Å². The summed E-state index contributed by atoms with van der Waals surface area (Å²) in [5.74, 6) is 0.292. The second-order valence-electron chi connectivity index (χ2n) is 24.2. The van der Waals surface area contributed by atoms with Crippen molar-refractivity contribution < 1.29 is 84.4 Å². The quantitative estimate of drug-likeness (QED) is 0.0118. The Morgan fingerprint density at radius 2 is 0.520 bits per heavy atom. The second-order valence-corrected chi connectivity index (χ2v) is 33.4. The Bertz CT molecular complexity index is 2330. The van der Waals surface area contributed by atoms with Crippen LogP contribution >= 0.6 is 21.6 Å². The average Bonchev–Trinajstić information content (AvgIpc) is 3.14. The standard InChI is InChI=1S/C33H62N4O8S2.C27H53BN4O6.C7H14O4S2/c1-3-45-33(42)23-13-7-17-27-37-31(40)21-11-5-15-25-35-29(38)19-9-4-14-24-34-30(39)20-10-6-16-26-36-32(41)22-12-8-18-28-46-47(2,43)44;1-3-38-27(36)19-11-7-14-22-31-25(34)17-9-5-12-20-29-24(33)16-8-4-13-21-30-26(35)18-10-6-15-23-32-28(2)37;1-13(10,11)12-6-4-2-3-5-7(8)9/h3-28H2,1-2H3,(H,34,39)(H,35,38)(H,36,41)(H,37,40);32,37H,3-23H2,1-2H3,(H,29,33)(H,30,35)(H,31,34);2-6H2,1H3,(H,8,9). The molecule has 0 rings (SSSR count). The SMILES string of the molecule is CCOC(=O)CCCCCNC(=O)CCCCCNC(=O)CCCCCNC(=O)CCCCCNB(C)O.CCOC(=O)CCCCCNC(=O)CCCCCNC(=O)CCCCCNC(=O)CCCCCNC(=O)CCCCCSS(C)(=O)=O.CS(=O)(=O)SCCCCCC(=O)O. The lowest BCUT2D eigenvalue weighted by Gasteiger charge is -2.07. The van der Waals surface area contributed by atoms with Gasteiger partial charge < -0.3 is 62.0 Å². The van der Waals surface area contributed by atoms with Gasteiger partial charge in [-0.2, -0.15) is 0 Å². The monoisotopic (exact) mass is 1470 g/mol. The number of unbranched alkanes of at least 4 members (excludes halogenated alkanes) is 20. The number of ether oxygens (including phenoxy) is 2. The van der Waals surface area contributed by atoms with Gasteiger partial charge in [0, 0.05) is 134 Å². The van der Waals surface area contributed by atoms with Gasteiger partial charge in [0.25, 0.3) is 0 Å². The fraction of sp³-hybridized carbons (Fsp3) is 0.851. The van der Waals surface area contributed by atoms with Crippen LogP contribution in [0.1, 0.15) is 271 Å². The molecule has 0 aliphatic rings. The minimum atomic E-state index is -2.99. The third-order valence-corrected chi connectivity index (χ3v) is 19.9. The number of amides is 7. The molecular formula is C67H129BN8O18S4. The van der Waals surface area contributed by atoms with Gasteiger partial charge in [-0.25, -0.2) is 16.8 Å². The van der Waals surface area contributed by atoms with E-state index in [4.69, 9.17) is 19.6 Å². The molecule has 572 valence electrons. The number of carbonyl (C=O) groups is 10. The first-order valence-electron chi connectivity index (χ1n) is 36.3. The van der Waals surface area contributed by atoms with Crippen LogP contribution in [0, 0.1) is 0 Å². The van der Waals surface area contributed by atoms with E-state index in [-0.39, 0.29) is 59.7 Å². The van der Waals surface area contributed by atoms with E-state index in [1.807, 2.05) is 0 Å². The second kappa shape index (κ2) is 70.7. The Kier molecular flexibility index (Phi) is 70.3. The maximum absolute atomic E-state index is 12.0. The summed E-state index contributed by atoms with van der Waals surface area (Å²) in [4.78, 5) is 116. The Morgan fingerprint density at radius 1 is 0.316 bits per heavy atom. The maximum Gasteiger partial charge on any atom is 0.373 e. The summed E-state index contributed by atoms with van der Waals surface area (Å²) in [5.41, 5.74) is 0. The fourth-order valence-corrected chi connectivity index (χ4v) is 13.0. The summed E-state index contributed by atoms with van der Waals surface area (Å²) in [7, 11) is -4.54. The van der Waals surface area contributed by atoms with Crippen molar-refractivity contribution in [3.63, 3.8) is 0 Å². The normalized spacial score (nSPS) is 11.0. The van der Waals surface area contributed by atoms with Crippen molar-refractivity contribution in [2.75, 3.05) is 89.6 Å². The molecule has 26 nitrogen and oxygen atoms in total. The molecule has 0 aliphatic carbocycles. The molecule has 0 aromatic carbocycles. The fourth-order valence-electron chi connectivity index (χ4n) is 9.20. The smallest absolute Gasteiger partial charge is 0.373 e. The molecule has 0 aromatic rings. The number of esters is 2. The van der Waals surface area contributed by atoms with Gasteiger partial charge in [0.2, 0.25) is 41.4 Å². The molecule has 0 fully saturated rings. The molecule has 0 saturated carbocycles. The highest BCUT2D eigenvalue weighted by Crippen LogP contribution is 2.15. The Hall–Kier alpha value is -4.72. The molecule has 0 unspecified atom stereocenters. The Labute approximate surface area is 596 Å². The van der Waals surface area contributed by atoms with Crippen molar-refractivity contribution >= 4 is 106 Å². The number of aliphatic carboxylic acids is 1. The van der Waals surface area contributed by atoms with Crippen LogP contribution in [0.4, 0.5) is 0 Å². The van der Waals surface area contributed by atoms with E-state index in [0.29, 0.717) is 135 Å². The number of carboxylic acids is 1. The van der Waals surface area contributed by atoms with E-state index < -0.39 is 30.8 Å². The summed E-state index contributed by atoms with van der Waals surface area (Å²) in [6, 6.07) is 0. The zero-order valence-electron chi connectivity index (χ0n) is 60.4. The number of nitrogens with one attached hydrogen (secondary N) is 8. The first-order chi connectivity index (χ1) is 46.8. The molecule has 0 aliphatic heterocycles. The molecule has 0 saturated heterocycles. The Balaban J connectivity index is -0.00000158. The molecule has 0 heterocycles. The highest BCUT2D eigenvalue weighted by Gasteiger charge is 2.11. The largest absolute Gasteiger partial charge is 0.481 e. The van der Waals surface area contributed by atoms with E-state index >= 15 is 0 Å². The molecule has 98 heavy (non-hydrogen) atoms. The average molecular weight is 1470 g/mol. The predicted octanol–water partition coefficient (Wildman–Crippen LogP) is 8.67. The van der Waals surface area contributed by atoms with Crippen molar-refractivity contribution in [2.45, 2.75) is 278 Å². The van der Waals surface area contributed by atoms with E-state index in [1.165, 1.54) is 12.5 Å². The van der Waals surface area contributed by atoms with Gasteiger partial charge in [-0.05, 0) is 177 Å². The third-order valence-electron chi connectivity index (χ3n) is 14.6. The van der Waals surface area contributed by atoms with E-state index in [0.717, 1.165) is 214 Å². The van der Waals surface area contributed by atoms with Crippen LogP contribution in [0.25, 0.3) is 0 Å². The van der Waals surface area contributed by atoms with E-state index in [2.05, 4.69) is 42.4 Å². The number of hydrogen-bond acceptors (Lipinski definition) is 20.